The number of fused-ring (bicyclic) bond motifs is 2. The monoisotopic (exact) mass is 531 g/mol. The van der Waals surface area contributed by atoms with Crippen molar-refractivity contribution >= 4 is 68.3 Å². The van der Waals surface area contributed by atoms with Crippen LogP contribution in [-0.4, -0.2) is 6.54 Å². The van der Waals surface area contributed by atoms with Crippen LogP contribution in [0.25, 0.3) is 16.3 Å². The second-order valence-electron chi connectivity index (χ2n) is 8.85. The van der Waals surface area contributed by atoms with Crippen LogP contribution in [0, 0.1) is 0 Å². The zero-order chi connectivity index (χ0) is 24.1. The first-order chi connectivity index (χ1) is 16.5. The first-order valence-corrected chi connectivity index (χ1v) is 14.7. The molecule has 0 unspecified atom stereocenters. The summed E-state index contributed by atoms with van der Waals surface area (Å²) in [5.41, 5.74) is 3.72. The number of hydrogen-bond donors (Lipinski definition) is 0. The Morgan fingerprint density at radius 2 is 1.71 bits per heavy atom. The molecule has 34 heavy (non-hydrogen) atoms. The van der Waals surface area contributed by atoms with Crippen LogP contribution in [0.1, 0.15) is 64.3 Å². The number of nitrogens with zero attached hydrogens (tertiary/aromatic N) is 2. The fourth-order valence-corrected chi connectivity index (χ4v) is 6.99. The number of allylic oxidation sites excluding steroid dienone is 2. The maximum Gasteiger partial charge on any atom is 0.263 e. The average molecular weight is 533 g/mol. The van der Waals surface area contributed by atoms with Crippen LogP contribution in [0.2, 0.25) is 10.0 Å². The summed E-state index contributed by atoms with van der Waals surface area (Å²) in [4.78, 5) is 3.73. The zero-order valence-corrected chi connectivity index (χ0v) is 23.4. The quantitative estimate of drug-likeness (QED) is 0.190. The molecule has 1 aromatic heterocycles. The molecule has 0 spiro atoms. The van der Waals surface area contributed by atoms with Crippen molar-refractivity contribution in [1.82, 2.24) is 0 Å². The van der Waals surface area contributed by atoms with Gasteiger partial charge in [-0.1, -0.05) is 79.4 Å². The summed E-state index contributed by atoms with van der Waals surface area (Å²) < 4.78 is 3.73. The number of thioether (sulfide) groups is 1. The van der Waals surface area contributed by atoms with E-state index in [2.05, 4.69) is 66.7 Å². The molecule has 2 nitrogen and oxygen atoms in total. The van der Waals surface area contributed by atoms with E-state index in [0.29, 0.717) is 0 Å². The number of benzene rings is 2. The minimum absolute atomic E-state index is 0.797. The second kappa shape index (κ2) is 12.0. The van der Waals surface area contributed by atoms with Crippen LogP contribution in [0.5, 0.6) is 0 Å². The third-order valence-corrected chi connectivity index (χ3v) is 8.75. The highest BCUT2D eigenvalue weighted by molar-refractivity contribution is 8.03. The number of unbranched alkanes of at least 4 members (excludes halogenated alkanes) is 4. The van der Waals surface area contributed by atoms with Gasteiger partial charge in [-0.15, -0.1) is 0 Å². The highest BCUT2D eigenvalue weighted by Gasteiger charge is 2.25. The minimum atomic E-state index is 0.797. The topological polar surface area (TPSA) is 7.12 Å². The summed E-state index contributed by atoms with van der Waals surface area (Å²) in [5, 5.41) is 4.16. The van der Waals surface area contributed by atoms with Gasteiger partial charge in [0.05, 0.1) is 10.7 Å². The molecule has 6 heteroatoms. The molecule has 0 fully saturated rings. The van der Waals surface area contributed by atoms with Crippen LogP contribution >= 0.6 is 46.3 Å². The SMILES string of the molecule is CCCCCN1/C(=C/C(C)=C/c2sc3ccc(Cl)cc3[n+]2CCCCC)Sc2ccc(Cl)cc21. The molecule has 0 aliphatic carbocycles. The van der Waals surface area contributed by atoms with Crippen LogP contribution in [0.3, 0.4) is 0 Å². The molecule has 1 aliphatic heterocycles. The van der Waals surface area contributed by atoms with Crippen molar-refractivity contribution in [2.75, 3.05) is 11.4 Å². The summed E-state index contributed by atoms with van der Waals surface area (Å²) in [6.07, 6.45) is 11.9. The minimum Gasteiger partial charge on any atom is -0.335 e. The maximum atomic E-state index is 6.35. The number of halogens is 2. The number of aryl methyl sites for hydroxylation is 1. The Morgan fingerprint density at radius 1 is 0.971 bits per heavy atom. The lowest BCUT2D eigenvalue weighted by Gasteiger charge is -2.20. The highest BCUT2D eigenvalue weighted by atomic mass is 35.5. The van der Waals surface area contributed by atoms with E-state index in [4.69, 9.17) is 23.2 Å². The van der Waals surface area contributed by atoms with Gasteiger partial charge in [0.15, 0.2) is 6.54 Å². The Labute approximate surface area is 222 Å². The van der Waals surface area contributed by atoms with Gasteiger partial charge in [0.25, 0.3) is 5.01 Å². The van der Waals surface area contributed by atoms with Gasteiger partial charge in [0.1, 0.15) is 4.70 Å². The first-order valence-electron chi connectivity index (χ1n) is 12.3. The molecule has 0 atom stereocenters. The van der Waals surface area contributed by atoms with E-state index < -0.39 is 0 Å². The Balaban J connectivity index is 1.67. The lowest BCUT2D eigenvalue weighted by atomic mass is 10.2. The van der Waals surface area contributed by atoms with Crippen molar-refractivity contribution in [2.24, 2.45) is 0 Å². The number of thiazole rings is 1. The van der Waals surface area contributed by atoms with Gasteiger partial charge >= 0.3 is 0 Å². The molecule has 1 aliphatic rings. The van der Waals surface area contributed by atoms with Gasteiger partial charge in [-0.2, -0.15) is 4.57 Å². The fourth-order valence-electron chi connectivity index (χ4n) is 4.30. The largest absolute Gasteiger partial charge is 0.335 e. The smallest absolute Gasteiger partial charge is 0.263 e. The molecule has 0 saturated carbocycles. The summed E-state index contributed by atoms with van der Waals surface area (Å²) in [5.74, 6) is 0. The van der Waals surface area contributed by atoms with Gasteiger partial charge in [-0.3, -0.25) is 0 Å². The number of aromatic nitrogens is 1. The van der Waals surface area contributed by atoms with E-state index in [0.717, 1.165) is 23.1 Å². The van der Waals surface area contributed by atoms with E-state index in [1.807, 2.05) is 35.2 Å². The van der Waals surface area contributed by atoms with E-state index >= 15 is 0 Å². The number of rotatable bonds is 10. The standard InChI is InChI=1S/C28H33Cl2N2S2/c1-4-6-8-14-31-23-18-21(29)10-12-25(23)33-27(31)16-20(3)17-28-32(15-9-7-5-2)24-19-22(30)11-13-26(24)34-28/h10-13,16-19H,4-9,14-15H2,1-3H3/q+1. The summed E-state index contributed by atoms with van der Waals surface area (Å²) in [6, 6.07) is 12.5. The van der Waals surface area contributed by atoms with Crippen LogP contribution in [0.4, 0.5) is 5.69 Å². The van der Waals surface area contributed by atoms with Gasteiger partial charge in [-0.25, -0.2) is 0 Å². The second-order valence-corrected chi connectivity index (χ2v) is 11.9. The normalized spacial score (nSPS) is 15.0. The average Bonchev–Trinajstić information content (AvgIpc) is 3.31. The molecular formula is C28H33Cl2N2S2+. The molecule has 2 heterocycles. The Bertz CT molecular complexity index is 1210. The summed E-state index contributed by atoms with van der Waals surface area (Å²) in [7, 11) is 0. The van der Waals surface area contributed by atoms with Crippen molar-refractivity contribution in [3.05, 3.63) is 68.1 Å². The van der Waals surface area contributed by atoms with Crippen LogP contribution in [0.15, 0.2) is 58.0 Å². The van der Waals surface area contributed by atoms with Crippen LogP contribution in [-0.2, 0) is 6.54 Å². The predicted octanol–water partition coefficient (Wildman–Crippen LogP) is 9.73. The van der Waals surface area contributed by atoms with E-state index in [-0.39, 0.29) is 0 Å². The van der Waals surface area contributed by atoms with E-state index in [1.165, 1.54) is 74.9 Å². The molecule has 2 aromatic carbocycles. The summed E-state index contributed by atoms with van der Waals surface area (Å²) in [6.45, 7) is 8.75. The molecule has 0 bridgehead atoms. The van der Waals surface area contributed by atoms with Crippen molar-refractivity contribution in [1.29, 1.82) is 0 Å². The number of hydrogen-bond acceptors (Lipinski definition) is 3. The van der Waals surface area contributed by atoms with Crippen molar-refractivity contribution in [3.63, 3.8) is 0 Å². The van der Waals surface area contributed by atoms with Crippen molar-refractivity contribution in [2.45, 2.75) is 70.7 Å². The Morgan fingerprint density at radius 3 is 2.50 bits per heavy atom. The van der Waals surface area contributed by atoms with Crippen molar-refractivity contribution in [3.8, 4) is 0 Å². The van der Waals surface area contributed by atoms with Gasteiger partial charge in [0.2, 0.25) is 5.52 Å². The molecule has 0 radical (unpaired) electrons. The van der Waals surface area contributed by atoms with Crippen LogP contribution < -0.4 is 9.47 Å². The lowest BCUT2D eigenvalue weighted by Crippen LogP contribution is -2.35. The number of anilines is 1. The molecule has 4 rings (SSSR count). The molecule has 180 valence electrons. The third kappa shape index (κ3) is 6.02. The maximum absolute atomic E-state index is 6.35. The molecule has 0 saturated heterocycles. The lowest BCUT2D eigenvalue weighted by molar-refractivity contribution is -0.669. The molecular weight excluding hydrogens is 499 g/mol. The van der Waals surface area contributed by atoms with Crippen molar-refractivity contribution < 1.29 is 4.57 Å². The zero-order valence-electron chi connectivity index (χ0n) is 20.2. The molecule has 3 aromatic rings. The Kier molecular flexibility index (Phi) is 9.03. The predicted molar refractivity (Wildman–Crippen MR) is 152 cm³/mol. The first kappa shape index (κ1) is 25.6. The third-order valence-electron chi connectivity index (χ3n) is 6.06. The molecule has 0 N–H and O–H groups in total. The highest BCUT2D eigenvalue weighted by Crippen LogP contribution is 2.47. The Hall–Kier alpha value is -1.46. The van der Waals surface area contributed by atoms with Gasteiger partial charge < -0.3 is 4.90 Å². The fraction of sp³-hybridized carbons (Fsp3) is 0.393. The van der Waals surface area contributed by atoms with Gasteiger partial charge in [-0.05, 0) is 61.7 Å². The summed E-state index contributed by atoms with van der Waals surface area (Å²) >= 11 is 16.4. The van der Waals surface area contributed by atoms with Gasteiger partial charge in [0, 0.05) is 40.0 Å². The van der Waals surface area contributed by atoms with E-state index in [9.17, 15) is 0 Å². The molecule has 0 amide bonds. The van der Waals surface area contributed by atoms with E-state index in [1.54, 1.807) is 0 Å².